The Labute approximate surface area is 120 Å². The van der Waals surface area contributed by atoms with Gasteiger partial charge in [0.05, 0.1) is 0 Å². The van der Waals surface area contributed by atoms with Crippen molar-refractivity contribution in [2.75, 3.05) is 20.6 Å². The Balaban J connectivity index is 2.76. The second kappa shape index (κ2) is 7.36. The van der Waals surface area contributed by atoms with Gasteiger partial charge in [0.1, 0.15) is 5.82 Å². The predicted molar refractivity (Wildman–Crippen MR) is 78.9 cm³/mol. The zero-order valence-electron chi connectivity index (χ0n) is 12.6. The van der Waals surface area contributed by atoms with E-state index in [9.17, 15) is 9.18 Å². The number of hydrogen-bond donors (Lipinski definition) is 2. The molecule has 0 saturated carbocycles. The van der Waals surface area contributed by atoms with Crippen LogP contribution in [0.5, 0.6) is 0 Å². The third-order valence-electron chi connectivity index (χ3n) is 3.25. The van der Waals surface area contributed by atoms with Crippen molar-refractivity contribution < 1.29 is 9.18 Å². The fourth-order valence-electron chi connectivity index (χ4n) is 2.01. The highest BCUT2D eigenvalue weighted by molar-refractivity contribution is 5.92. The minimum Gasteiger partial charge on any atom is -0.366 e. The molecule has 1 rings (SSSR count). The number of carbonyl (C=O) groups is 1. The van der Waals surface area contributed by atoms with Crippen LogP contribution in [0.2, 0.25) is 0 Å². The first-order valence-corrected chi connectivity index (χ1v) is 6.77. The van der Waals surface area contributed by atoms with Gasteiger partial charge in [0.2, 0.25) is 5.91 Å². The van der Waals surface area contributed by atoms with Crippen LogP contribution in [0, 0.1) is 11.7 Å². The molecular weight excluding hydrogens is 257 g/mol. The molecule has 5 heteroatoms. The number of rotatable bonds is 7. The fraction of sp³-hybridized carbons (Fsp3) is 0.533. The van der Waals surface area contributed by atoms with E-state index in [0.29, 0.717) is 23.6 Å². The lowest BCUT2D eigenvalue weighted by atomic mass is 10.0. The number of nitrogens with one attached hydrogen (secondary N) is 1. The van der Waals surface area contributed by atoms with Crippen molar-refractivity contribution in [1.82, 2.24) is 10.2 Å². The molecule has 0 aliphatic rings. The Morgan fingerprint density at radius 3 is 2.55 bits per heavy atom. The number of carbonyl (C=O) groups excluding carboxylic acids is 1. The molecule has 0 heterocycles. The first-order chi connectivity index (χ1) is 9.31. The van der Waals surface area contributed by atoms with Gasteiger partial charge in [-0.25, -0.2) is 4.39 Å². The maximum absolute atomic E-state index is 13.7. The number of hydrogen-bond acceptors (Lipinski definition) is 3. The number of halogens is 1. The van der Waals surface area contributed by atoms with Gasteiger partial charge in [0.15, 0.2) is 0 Å². The van der Waals surface area contributed by atoms with E-state index in [1.165, 1.54) is 18.2 Å². The largest absolute Gasteiger partial charge is 0.366 e. The highest BCUT2D eigenvalue weighted by Gasteiger charge is 2.15. The van der Waals surface area contributed by atoms with Gasteiger partial charge in [-0.2, -0.15) is 0 Å². The molecule has 1 atom stereocenters. The quantitative estimate of drug-likeness (QED) is 0.798. The Morgan fingerprint density at radius 1 is 1.40 bits per heavy atom. The summed E-state index contributed by atoms with van der Waals surface area (Å²) in [7, 11) is 4.01. The monoisotopic (exact) mass is 281 g/mol. The van der Waals surface area contributed by atoms with Gasteiger partial charge in [0.25, 0.3) is 0 Å². The lowest BCUT2D eigenvalue weighted by Gasteiger charge is -2.26. The summed E-state index contributed by atoms with van der Waals surface area (Å²) in [5.41, 5.74) is 6.01. The van der Waals surface area contributed by atoms with Crippen LogP contribution in [0.25, 0.3) is 0 Å². The van der Waals surface area contributed by atoms with Crippen molar-refractivity contribution >= 4 is 5.91 Å². The molecule has 4 nitrogen and oxygen atoms in total. The molecule has 1 aromatic rings. The van der Waals surface area contributed by atoms with E-state index in [2.05, 4.69) is 24.1 Å². The van der Waals surface area contributed by atoms with Crippen molar-refractivity contribution in [3.8, 4) is 0 Å². The molecule has 0 saturated heterocycles. The van der Waals surface area contributed by atoms with Gasteiger partial charge in [0, 0.05) is 30.3 Å². The molecule has 0 aliphatic heterocycles. The smallest absolute Gasteiger partial charge is 0.248 e. The fourth-order valence-corrected chi connectivity index (χ4v) is 2.01. The molecule has 0 radical (unpaired) electrons. The molecule has 0 fully saturated rings. The minimum absolute atomic E-state index is 0.252. The highest BCUT2D eigenvalue weighted by atomic mass is 19.1. The second-order valence-corrected chi connectivity index (χ2v) is 5.66. The number of amides is 1. The highest BCUT2D eigenvalue weighted by Crippen LogP contribution is 2.12. The summed E-state index contributed by atoms with van der Waals surface area (Å²) in [4.78, 5) is 13.2. The van der Waals surface area contributed by atoms with Crippen LogP contribution in [0.1, 0.15) is 29.8 Å². The Kier molecular flexibility index (Phi) is 6.10. The number of benzene rings is 1. The first-order valence-electron chi connectivity index (χ1n) is 6.77. The first kappa shape index (κ1) is 16.6. The average Bonchev–Trinajstić information content (AvgIpc) is 2.35. The van der Waals surface area contributed by atoms with E-state index in [0.717, 1.165) is 6.54 Å². The van der Waals surface area contributed by atoms with Gasteiger partial charge >= 0.3 is 0 Å². The molecule has 0 bridgehead atoms. The Bertz CT molecular complexity index is 460. The summed E-state index contributed by atoms with van der Waals surface area (Å²) >= 11 is 0. The molecule has 1 amide bonds. The van der Waals surface area contributed by atoms with E-state index in [4.69, 9.17) is 5.73 Å². The van der Waals surface area contributed by atoms with Crippen LogP contribution in [-0.2, 0) is 6.54 Å². The lowest BCUT2D eigenvalue weighted by molar-refractivity contribution is 0.1000. The van der Waals surface area contributed by atoms with E-state index in [1.54, 1.807) is 0 Å². The molecule has 3 N–H and O–H groups in total. The third-order valence-corrected chi connectivity index (χ3v) is 3.25. The summed E-state index contributed by atoms with van der Waals surface area (Å²) in [6, 6.07) is 4.45. The van der Waals surface area contributed by atoms with Crippen LogP contribution in [0.3, 0.4) is 0 Å². The second-order valence-electron chi connectivity index (χ2n) is 5.66. The SMILES string of the molecule is CC(C)C(CN(C)C)NCc1cc(C(N)=O)ccc1F. The molecule has 0 spiro atoms. The van der Waals surface area contributed by atoms with Crippen LogP contribution in [0.4, 0.5) is 4.39 Å². The van der Waals surface area contributed by atoms with Crippen LogP contribution in [-0.4, -0.2) is 37.5 Å². The van der Waals surface area contributed by atoms with Gasteiger partial charge in [-0.15, -0.1) is 0 Å². The Hall–Kier alpha value is -1.46. The van der Waals surface area contributed by atoms with Gasteiger partial charge in [-0.05, 0) is 38.2 Å². The molecule has 0 aliphatic carbocycles. The standard InChI is InChI=1S/C15H24FN3O/c1-10(2)14(9-19(3)4)18-8-12-7-11(15(17)20)5-6-13(12)16/h5-7,10,14,18H,8-9H2,1-4H3,(H2,17,20). The minimum atomic E-state index is -0.542. The van der Waals surface area contributed by atoms with Crippen LogP contribution < -0.4 is 11.1 Å². The van der Waals surface area contributed by atoms with E-state index >= 15 is 0 Å². The van der Waals surface area contributed by atoms with Crippen molar-refractivity contribution in [2.24, 2.45) is 11.7 Å². The van der Waals surface area contributed by atoms with E-state index in [-0.39, 0.29) is 11.9 Å². The van der Waals surface area contributed by atoms with Crippen molar-refractivity contribution in [3.63, 3.8) is 0 Å². The molecular formula is C15H24FN3O. The van der Waals surface area contributed by atoms with Gasteiger partial charge in [-0.1, -0.05) is 13.8 Å². The van der Waals surface area contributed by atoms with Crippen LogP contribution >= 0.6 is 0 Å². The normalized spacial score (nSPS) is 12.9. The summed E-state index contributed by atoms with van der Waals surface area (Å²) in [6.45, 7) is 5.49. The molecule has 1 aromatic carbocycles. The predicted octanol–water partition coefficient (Wildman–Crippen LogP) is 1.60. The summed E-state index contributed by atoms with van der Waals surface area (Å²) in [5, 5.41) is 3.34. The van der Waals surface area contributed by atoms with E-state index < -0.39 is 5.91 Å². The molecule has 0 aromatic heterocycles. The topological polar surface area (TPSA) is 58.4 Å². The van der Waals surface area contributed by atoms with Crippen molar-refractivity contribution in [2.45, 2.75) is 26.4 Å². The maximum Gasteiger partial charge on any atom is 0.248 e. The number of nitrogens with two attached hydrogens (primary N) is 1. The summed E-state index contributed by atoms with van der Waals surface area (Å²) < 4.78 is 13.7. The van der Waals surface area contributed by atoms with Crippen molar-refractivity contribution in [3.05, 3.63) is 35.1 Å². The zero-order chi connectivity index (χ0) is 15.3. The number of nitrogens with zero attached hydrogens (tertiary/aromatic N) is 1. The molecule has 1 unspecified atom stereocenters. The maximum atomic E-state index is 13.7. The summed E-state index contributed by atoms with van der Waals surface area (Å²) in [5.74, 6) is -0.436. The molecule has 20 heavy (non-hydrogen) atoms. The zero-order valence-corrected chi connectivity index (χ0v) is 12.6. The Morgan fingerprint density at radius 2 is 2.05 bits per heavy atom. The van der Waals surface area contributed by atoms with Crippen LogP contribution in [0.15, 0.2) is 18.2 Å². The number of likely N-dealkylation sites (N-methyl/N-ethyl adjacent to an activating group) is 1. The summed E-state index contributed by atoms with van der Waals surface area (Å²) in [6.07, 6.45) is 0. The average molecular weight is 281 g/mol. The van der Waals surface area contributed by atoms with Crippen molar-refractivity contribution in [1.29, 1.82) is 0 Å². The van der Waals surface area contributed by atoms with Gasteiger partial charge in [-0.3, -0.25) is 4.79 Å². The lowest BCUT2D eigenvalue weighted by Crippen LogP contribution is -2.41. The third kappa shape index (κ3) is 4.90. The molecule has 112 valence electrons. The van der Waals surface area contributed by atoms with Gasteiger partial charge < -0.3 is 16.0 Å². The number of primary amides is 1. The van der Waals surface area contributed by atoms with E-state index in [1.807, 2.05) is 14.1 Å².